The van der Waals surface area contributed by atoms with Crippen molar-refractivity contribution in [3.63, 3.8) is 0 Å². The van der Waals surface area contributed by atoms with Gasteiger partial charge in [-0.3, -0.25) is 4.79 Å². The molecule has 106 valence electrons. The number of para-hydroxylation sites is 1. The van der Waals surface area contributed by atoms with Gasteiger partial charge in [-0.1, -0.05) is 29.8 Å². The van der Waals surface area contributed by atoms with Gasteiger partial charge in [-0.25, -0.2) is 0 Å². The minimum atomic E-state index is -0.252. The number of ether oxygens (including phenoxy) is 1. The molecule has 0 saturated heterocycles. The van der Waals surface area contributed by atoms with Crippen molar-refractivity contribution < 1.29 is 9.53 Å². The van der Waals surface area contributed by atoms with Crippen LogP contribution in [0.5, 0.6) is 5.75 Å². The fraction of sp³-hybridized carbons (Fsp3) is 0.125. The van der Waals surface area contributed by atoms with E-state index in [9.17, 15) is 4.79 Å². The van der Waals surface area contributed by atoms with Crippen LogP contribution in [0.1, 0.15) is 5.56 Å². The van der Waals surface area contributed by atoms with Crippen LogP contribution in [0.2, 0.25) is 5.02 Å². The van der Waals surface area contributed by atoms with E-state index < -0.39 is 0 Å². The first-order valence-corrected chi connectivity index (χ1v) is 6.63. The summed E-state index contributed by atoms with van der Waals surface area (Å²) in [4.78, 5) is 13.5. The molecule has 0 unspecified atom stereocenters. The van der Waals surface area contributed by atoms with E-state index in [0.29, 0.717) is 22.0 Å². The second kappa shape index (κ2) is 6.78. The zero-order valence-corrected chi connectivity index (χ0v) is 12.2. The first-order chi connectivity index (χ1) is 10.1. The molecule has 0 bridgehead atoms. The van der Waals surface area contributed by atoms with Crippen LogP contribution in [0.15, 0.2) is 48.5 Å². The summed E-state index contributed by atoms with van der Waals surface area (Å²) in [6, 6.07) is 15.8. The van der Waals surface area contributed by atoms with E-state index in [-0.39, 0.29) is 12.5 Å². The average Bonchev–Trinajstić information content (AvgIpc) is 2.52. The summed E-state index contributed by atoms with van der Waals surface area (Å²) in [6.07, 6.45) is 0. The van der Waals surface area contributed by atoms with E-state index in [4.69, 9.17) is 21.6 Å². The topological polar surface area (TPSA) is 53.3 Å². The third-order valence-electron chi connectivity index (χ3n) is 2.92. The summed E-state index contributed by atoms with van der Waals surface area (Å²) in [5.74, 6) is 0.274. The molecule has 0 saturated carbocycles. The van der Waals surface area contributed by atoms with Crippen molar-refractivity contribution in [2.24, 2.45) is 0 Å². The molecule has 1 amide bonds. The molecule has 0 fully saturated rings. The highest BCUT2D eigenvalue weighted by Gasteiger charge is 2.14. The first-order valence-electron chi connectivity index (χ1n) is 6.26. The zero-order chi connectivity index (χ0) is 15.2. The highest BCUT2D eigenvalue weighted by molar-refractivity contribution is 6.30. The molecule has 2 rings (SSSR count). The fourth-order valence-corrected chi connectivity index (χ4v) is 1.97. The number of benzene rings is 2. The van der Waals surface area contributed by atoms with Gasteiger partial charge in [0, 0.05) is 12.1 Å². The Morgan fingerprint density at radius 3 is 2.76 bits per heavy atom. The lowest BCUT2D eigenvalue weighted by Crippen LogP contribution is -2.31. The molecular formula is C16H13ClN2O2. The van der Waals surface area contributed by atoms with Gasteiger partial charge in [-0.15, -0.1) is 0 Å². The van der Waals surface area contributed by atoms with Gasteiger partial charge in [0.05, 0.1) is 11.3 Å². The maximum absolute atomic E-state index is 12.1. The molecular weight excluding hydrogens is 288 g/mol. The van der Waals surface area contributed by atoms with Crippen molar-refractivity contribution in [2.75, 3.05) is 18.6 Å². The van der Waals surface area contributed by atoms with Gasteiger partial charge in [-0.05, 0) is 30.3 Å². The number of carbonyl (C=O) groups is 1. The standard InChI is InChI=1S/C16H13ClN2O2/c1-19(15-8-3-2-5-12(15)10-18)16(20)11-21-14-7-4-6-13(17)9-14/h2-9H,11H2,1H3. The van der Waals surface area contributed by atoms with Gasteiger partial charge in [0.2, 0.25) is 0 Å². The largest absolute Gasteiger partial charge is 0.484 e. The van der Waals surface area contributed by atoms with Crippen molar-refractivity contribution in [3.05, 3.63) is 59.1 Å². The van der Waals surface area contributed by atoms with Crippen molar-refractivity contribution in [1.82, 2.24) is 0 Å². The monoisotopic (exact) mass is 300 g/mol. The number of hydrogen-bond donors (Lipinski definition) is 0. The van der Waals surface area contributed by atoms with Gasteiger partial charge in [0.25, 0.3) is 5.91 Å². The number of nitriles is 1. The quantitative estimate of drug-likeness (QED) is 0.871. The van der Waals surface area contributed by atoms with Crippen LogP contribution in [0, 0.1) is 11.3 Å². The Labute approximate surface area is 128 Å². The fourth-order valence-electron chi connectivity index (χ4n) is 1.79. The molecule has 0 aliphatic carbocycles. The molecule has 0 atom stereocenters. The molecule has 2 aromatic rings. The van der Waals surface area contributed by atoms with Crippen LogP contribution in [-0.4, -0.2) is 19.6 Å². The summed E-state index contributed by atoms with van der Waals surface area (Å²) in [6.45, 7) is -0.128. The molecule has 5 heteroatoms. The second-order valence-corrected chi connectivity index (χ2v) is 4.76. The Kier molecular flexibility index (Phi) is 4.81. The molecule has 0 spiro atoms. The van der Waals surface area contributed by atoms with Gasteiger partial charge < -0.3 is 9.64 Å². The van der Waals surface area contributed by atoms with Crippen molar-refractivity contribution in [1.29, 1.82) is 5.26 Å². The molecule has 2 aromatic carbocycles. The molecule has 0 aliphatic heterocycles. The average molecular weight is 301 g/mol. The van der Waals surface area contributed by atoms with Crippen molar-refractivity contribution in [2.45, 2.75) is 0 Å². The minimum Gasteiger partial charge on any atom is -0.484 e. The van der Waals surface area contributed by atoms with Crippen LogP contribution in [0.3, 0.4) is 0 Å². The minimum absolute atomic E-state index is 0.128. The summed E-state index contributed by atoms with van der Waals surface area (Å²) in [7, 11) is 1.61. The van der Waals surface area contributed by atoms with Crippen LogP contribution in [-0.2, 0) is 4.79 Å². The third-order valence-corrected chi connectivity index (χ3v) is 3.15. The SMILES string of the molecule is CN(C(=O)COc1cccc(Cl)c1)c1ccccc1C#N. The van der Waals surface area contributed by atoms with Gasteiger partial charge in [0.15, 0.2) is 6.61 Å². The first kappa shape index (κ1) is 14.9. The van der Waals surface area contributed by atoms with Crippen LogP contribution >= 0.6 is 11.6 Å². The summed E-state index contributed by atoms with van der Waals surface area (Å²) < 4.78 is 5.41. The van der Waals surface area contributed by atoms with Crippen molar-refractivity contribution >= 4 is 23.2 Å². The third kappa shape index (κ3) is 3.74. The maximum atomic E-state index is 12.1. The molecule has 0 radical (unpaired) electrons. The van der Waals surface area contributed by atoms with Crippen LogP contribution in [0.4, 0.5) is 5.69 Å². The van der Waals surface area contributed by atoms with Crippen LogP contribution < -0.4 is 9.64 Å². The number of hydrogen-bond acceptors (Lipinski definition) is 3. The van der Waals surface area contributed by atoms with E-state index in [1.807, 2.05) is 0 Å². The molecule has 0 heterocycles. The summed E-state index contributed by atoms with van der Waals surface area (Å²) in [5, 5.41) is 9.60. The molecule has 4 nitrogen and oxygen atoms in total. The van der Waals surface area contributed by atoms with Gasteiger partial charge in [-0.2, -0.15) is 5.26 Å². The van der Waals surface area contributed by atoms with E-state index in [1.165, 1.54) is 4.90 Å². The smallest absolute Gasteiger partial charge is 0.264 e. The number of amides is 1. The lowest BCUT2D eigenvalue weighted by atomic mass is 10.2. The van der Waals surface area contributed by atoms with E-state index >= 15 is 0 Å². The normalized spacial score (nSPS) is 9.76. The number of rotatable bonds is 4. The predicted molar refractivity (Wildman–Crippen MR) is 81.5 cm³/mol. The maximum Gasteiger partial charge on any atom is 0.264 e. The molecule has 0 N–H and O–H groups in total. The summed E-state index contributed by atoms with van der Waals surface area (Å²) >= 11 is 5.85. The number of nitrogens with zero attached hydrogens (tertiary/aromatic N) is 2. The van der Waals surface area contributed by atoms with Crippen molar-refractivity contribution in [3.8, 4) is 11.8 Å². The number of likely N-dealkylation sites (N-methyl/N-ethyl adjacent to an activating group) is 1. The number of carbonyl (C=O) groups excluding carboxylic acids is 1. The van der Waals surface area contributed by atoms with Crippen LogP contribution in [0.25, 0.3) is 0 Å². The molecule has 21 heavy (non-hydrogen) atoms. The van der Waals surface area contributed by atoms with E-state index in [0.717, 1.165) is 0 Å². The van der Waals surface area contributed by atoms with Gasteiger partial charge >= 0.3 is 0 Å². The number of halogens is 1. The Hall–Kier alpha value is -2.51. The Bertz CT molecular complexity index is 695. The van der Waals surface area contributed by atoms with E-state index in [1.54, 1.807) is 55.6 Å². The lowest BCUT2D eigenvalue weighted by molar-refractivity contribution is -0.120. The second-order valence-electron chi connectivity index (χ2n) is 4.33. The lowest BCUT2D eigenvalue weighted by Gasteiger charge is -2.18. The zero-order valence-electron chi connectivity index (χ0n) is 11.4. The molecule has 0 aromatic heterocycles. The highest BCUT2D eigenvalue weighted by Crippen LogP contribution is 2.20. The Morgan fingerprint density at radius 1 is 1.29 bits per heavy atom. The predicted octanol–water partition coefficient (Wildman–Crippen LogP) is 3.25. The molecule has 0 aliphatic rings. The van der Waals surface area contributed by atoms with E-state index in [2.05, 4.69) is 6.07 Å². The Balaban J connectivity index is 2.05. The summed E-state index contributed by atoms with van der Waals surface area (Å²) in [5.41, 5.74) is 0.996. The Morgan fingerprint density at radius 2 is 2.05 bits per heavy atom. The van der Waals surface area contributed by atoms with Gasteiger partial charge in [0.1, 0.15) is 11.8 Å². The highest BCUT2D eigenvalue weighted by atomic mass is 35.5. The number of anilines is 1.